The zero-order valence-corrected chi connectivity index (χ0v) is 12.0. The highest BCUT2D eigenvalue weighted by molar-refractivity contribution is 5.92. The van der Waals surface area contributed by atoms with Crippen LogP contribution >= 0.6 is 0 Å². The number of carbonyl (C=O) groups excluding carboxylic acids is 1. The molecule has 0 atom stereocenters. The van der Waals surface area contributed by atoms with Crippen LogP contribution in [0.5, 0.6) is 0 Å². The number of amides is 1. The number of benzene rings is 1. The molecule has 0 aliphatic carbocycles. The first-order valence-electron chi connectivity index (χ1n) is 6.93. The van der Waals surface area contributed by atoms with Crippen LogP contribution in [0.25, 0.3) is 0 Å². The topological polar surface area (TPSA) is 58.4 Å². The molecule has 1 aromatic carbocycles. The second-order valence-electron chi connectivity index (χ2n) is 4.89. The van der Waals surface area contributed by atoms with Gasteiger partial charge in [0, 0.05) is 12.2 Å². The first-order valence-corrected chi connectivity index (χ1v) is 6.93. The molecule has 0 aliphatic rings. The van der Waals surface area contributed by atoms with Crippen LogP contribution in [0.2, 0.25) is 0 Å². The van der Waals surface area contributed by atoms with Crippen LogP contribution in [0.3, 0.4) is 0 Å². The Morgan fingerprint density at radius 1 is 1.26 bits per heavy atom. The number of hydrogen-bond donors (Lipinski definition) is 2. The van der Waals surface area contributed by atoms with Gasteiger partial charge in [-0.25, -0.2) is 0 Å². The molecule has 0 aromatic heterocycles. The normalized spacial score (nSPS) is 10.7. The number of nitrogens with two attached hydrogens (primary N) is 1. The van der Waals surface area contributed by atoms with Crippen molar-refractivity contribution in [3.8, 4) is 0 Å². The zero-order chi connectivity index (χ0) is 14.1. The lowest BCUT2D eigenvalue weighted by Crippen LogP contribution is -2.30. The maximum atomic E-state index is 11.8. The van der Waals surface area contributed by atoms with Gasteiger partial charge in [0.15, 0.2) is 0 Å². The number of hydrogen-bond acceptors (Lipinski definition) is 3. The Morgan fingerprint density at radius 3 is 2.53 bits per heavy atom. The average Bonchev–Trinajstić information content (AvgIpc) is 2.39. The van der Waals surface area contributed by atoms with Crippen molar-refractivity contribution < 1.29 is 4.79 Å². The summed E-state index contributed by atoms with van der Waals surface area (Å²) < 4.78 is 0. The van der Waals surface area contributed by atoms with Crippen molar-refractivity contribution in [2.75, 3.05) is 25.5 Å². The van der Waals surface area contributed by atoms with Gasteiger partial charge in [-0.15, -0.1) is 0 Å². The van der Waals surface area contributed by atoms with E-state index in [0.29, 0.717) is 13.1 Å². The zero-order valence-electron chi connectivity index (χ0n) is 12.0. The van der Waals surface area contributed by atoms with Crippen molar-refractivity contribution in [2.45, 2.75) is 32.7 Å². The summed E-state index contributed by atoms with van der Waals surface area (Å²) in [6.45, 7) is 4.10. The van der Waals surface area contributed by atoms with Gasteiger partial charge in [-0.2, -0.15) is 0 Å². The molecular weight excluding hydrogens is 238 g/mol. The quantitative estimate of drug-likeness (QED) is 0.707. The molecule has 0 radical (unpaired) electrons. The largest absolute Gasteiger partial charge is 0.326 e. The van der Waals surface area contributed by atoms with Gasteiger partial charge in [0.05, 0.1) is 6.54 Å². The van der Waals surface area contributed by atoms with Crippen LogP contribution in [-0.2, 0) is 11.3 Å². The summed E-state index contributed by atoms with van der Waals surface area (Å²) in [5.74, 6) is 0.0273. The highest BCUT2D eigenvalue weighted by Crippen LogP contribution is 2.09. The van der Waals surface area contributed by atoms with Crippen molar-refractivity contribution in [1.82, 2.24) is 4.90 Å². The number of likely N-dealkylation sites (N-methyl/N-ethyl adjacent to an activating group) is 1. The third-order valence-corrected chi connectivity index (χ3v) is 3.03. The van der Waals surface area contributed by atoms with Crippen LogP contribution in [0.4, 0.5) is 5.69 Å². The van der Waals surface area contributed by atoms with Crippen LogP contribution < -0.4 is 11.1 Å². The lowest BCUT2D eigenvalue weighted by Gasteiger charge is -2.16. The van der Waals surface area contributed by atoms with Crippen LogP contribution in [-0.4, -0.2) is 30.9 Å². The number of rotatable bonds is 8. The molecular formula is C15H25N3O. The molecule has 0 unspecified atom stereocenters. The van der Waals surface area contributed by atoms with E-state index in [4.69, 9.17) is 5.73 Å². The molecule has 0 saturated heterocycles. The number of nitrogens with one attached hydrogen (secondary N) is 1. The Balaban J connectivity index is 2.33. The molecule has 0 fully saturated rings. The minimum atomic E-state index is 0.0273. The van der Waals surface area contributed by atoms with Gasteiger partial charge in [0.2, 0.25) is 5.91 Å². The molecule has 106 valence electrons. The minimum Gasteiger partial charge on any atom is -0.326 e. The van der Waals surface area contributed by atoms with E-state index in [1.54, 1.807) is 0 Å². The maximum absolute atomic E-state index is 11.8. The van der Waals surface area contributed by atoms with Gasteiger partial charge in [0.25, 0.3) is 0 Å². The van der Waals surface area contributed by atoms with Crippen molar-refractivity contribution in [3.63, 3.8) is 0 Å². The molecule has 4 heteroatoms. The van der Waals surface area contributed by atoms with Crippen LogP contribution in [0.15, 0.2) is 24.3 Å². The molecule has 0 heterocycles. The van der Waals surface area contributed by atoms with Crippen LogP contribution in [0, 0.1) is 0 Å². The molecule has 19 heavy (non-hydrogen) atoms. The highest BCUT2D eigenvalue weighted by Gasteiger charge is 2.06. The fraction of sp³-hybridized carbons (Fsp3) is 0.533. The molecule has 0 aliphatic heterocycles. The number of unbranched alkanes of at least 4 members (excludes halogenated alkanes) is 2. The van der Waals surface area contributed by atoms with E-state index in [1.165, 1.54) is 12.8 Å². The van der Waals surface area contributed by atoms with Crippen molar-refractivity contribution in [3.05, 3.63) is 29.8 Å². The van der Waals surface area contributed by atoms with E-state index in [2.05, 4.69) is 17.1 Å². The predicted molar refractivity (Wildman–Crippen MR) is 80.0 cm³/mol. The lowest BCUT2D eigenvalue weighted by atomic mass is 10.2. The smallest absolute Gasteiger partial charge is 0.238 e. The summed E-state index contributed by atoms with van der Waals surface area (Å²) in [5, 5.41) is 2.89. The Bertz CT molecular complexity index is 375. The Kier molecular flexibility index (Phi) is 7.15. The molecule has 0 spiro atoms. The fourth-order valence-electron chi connectivity index (χ4n) is 1.88. The summed E-state index contributed by atoms with van der Waals surface area (Å²) in [7, 11) is 1.98. The second kappa shape index (κ2) is 8.67. The van der Waals surface area contributed by atoms with Gasteiger partial charge in [0.1, 0.15) is 0 Å². The minimum absolute atomic E-state index is 0.0273. The number of anilines is 1. The molecule has 0 bridgehead atoms. The van der Waals surface area contributed by atoms with E-state index in [0.717, 1.165) is 24.2 Å². The third kappa shape index (κ3) is 6.36. The summed E-state index contributed by atoms with van der Waals surface area (Å²) in [5.41, 5.74) is 7.42. The summed E-state index contributed by atoms with van der Waals surface area (Å²) >= 11 is 0. The standard InChI is InChI=1S/C15H25N3O/c1-3-4-5-10-18(2)12-15(19)17-14-8-6-13(11-16)7-9-14/h6-9H,3-5,10-12,16H2,1-2H3,(H,17,19). The van der Waals surface area contributed by atoms with Gasteiger partial charge in [-0.1, -0.05) is 31.9 Å². The van der Waals surface area contributed by atoms with E-state index in [1.807, 2.05) is 31.3 Å². The third-order valence-electron chi connectivity index (χ3n) is 3.03. The molecule has 1 rings (SSSR count). The van der Waals surface area contributed by atoms with Crippen molar-refractivity contribution >= 4 is 11.6 Å². The molecule has 4 nitrogen and oxygen atoms in total. The highest BCUT2D eigenvalue weighted by atomic mass is 16.2. The molecule has 0 saturated carbocycles. The van der Waals surface area contributed by atoms with Crippen molar-refractivity contribution in [2.24, 2.45) is 5.73 Å². The van der Waals surface area contributed by atoms with E-state index < -0.39 is 0 Å². The van der Waals surface area contributed by atoms with Gasteiger partial charge in [-0.3, -0.25) is 9.69 Å². The Labute approximate surface area is 116 Å². The summed E-state index contributed by atoms with van der Waals surface area (Å²) in [6, 6.07) is 7.63. The van der Waals surface area contributed by atoms with Gasteiger partial charge < -0.3 is 11.1 Å². The Hall–Kier alpha value is -1.39. The predicted octanol–water partition coefficient (Wildman–Crippen LogP) is 2.21. The first kappa shape index (κ1) is 15.7. The van der Waals surface area contributed by atoms with E-state index >= 15 is 0 Å². The first-order chi connectivity index (χ1) is 9.15. The van der Waals surface area contributed by atoms with Crippen LogP contribution in [0.1, 0.15) is 31.7 Å². The Morgan fingerprint density at radius 2 is 1.95 bits per heavy atom. The maximum Gasteiger partial charge on any atom is 0.238 e. The molecule has 1 amide bonds. The average molecular weight is 263 g/mol. The van der Waals surface area contributed by atoms with Gasteiger partial charge in [-0.05, 0) is 37.7 Å². The fourth-order valence-corrected chi connectivity index (χ4v) is 1.88. The lowest BCUT2D eigenvalue weighted by molar-refractivity contribution is -0.117. The monoisotopic (exact) mass is 263 g/mol. The number of nitrogens with zero attached hydrogens (tertiary/aromatic N) is 1. The second-order valence-corrected chi connectivity index (χ2v) is 4.89. The summed E-state index contributed by atoms with van der Waals surface area (Å²) in [4.78, 5) is 13.9. The number of carbonyl (C=O) groups is 1. The van der Waals surface area contributed by atoms with Crippen molar-refractivity contribution in [1.29, 1.82) is 0 Å². The SMILES string of the molecule is CCCCCN(C)CC(=O)Nc1ccc(CN)cc1. The van der Waals surface area contributed by atoms with E-state index in [-0.39, 0.29) is 5.91 Å². The molecule has 1 aromatic rings. The molecule has 3 N–H and O–H groups in total. The van der Waals surface area contributed by atoms with E-state index in [9.17, 15) is 4.79 Å². The summed E-state index contributed by atoms with van der Waals surface area (Å²) in [6.07, 6.45) is 3.56. The van der Waals surface area contributed by atoms with Gasteiger partial charge >= 0.3 is 0 Å².